The highest BCUT2D eigenvalue weighted by Crippen LogP contribution is 2.29. The second-order valence-electron chi connectivity index (χ2n) is 8.03. The molecule has 0 fully saturated rings. The SMILES string of the molecule is CC(C)(CCCCCCCCl)OC(C)(C)CCCCCCCCl. The van der Waals surface area contributed by atoms with Crippen LogP contribution >= 0.6 is 23.2 Å². The third-order valence-corrected chi connectivity index (χ3v) is 4.91. The van der Waals surface area contributed by atoms with Crippen LogP contribution in [-0.4, -0.2) is 23.0 Å². The molecule has 0 bridgehead atoms. The van der Waals surface area contributed by atoms with Gasteiger partial charge < -0.3 is 4.74 Å². The Bertz CT molecular complexity index is 238. The predicted molar refractivity (Wildman–Crippen MR) is 106 cm³/mol. The Morgan fingerprint density at radius 3 is 1.17 bits per heavy atom. The van der Waals surface area contributed by atoms with Gasteiger partial charge in [-0.05, 0) is 53.4 Å². The summed E-state index contributed by atoms with van der Waals surface area (Å²) in [5.74, 6) is 1.60. The molecule has 3 heteroatoms. The lowest BCUT2D eigenvalue weighted by Crippen LogP contribution is -2.37. The van der Waals surface area contributed by atoms with E-state index in [1.807, 2.05) is 0 Å². The number of ether oxygens (including phenoxy) is 1. The summed E-state index contributed by atoms with van der Waals surface area (Å²) in [7, 11) is 0. The van der Waals surface area contributed by atoms with E-state index >= 15 is 0 Å². The van der Waals surface area contributed by atoms with Gasteiger partial charge in [0.05, 0.1) is 11.2 Å². The molecule has 0 N–H and O–H groups in total. The predicted octanol–water partition coefficient (Wildman–Crippen LogP) is 7.72. The van der Waals surface area contributed by atoms with Crippen molar-refractivity contribution < 1.29 is 4.74 Å². The minimum absolute atomic E-state index is 0.0192. The first-order valence-corrected chi connectivity index (χ1v) is 10.7. The summed E-state index contributed by atoms with van der Waals surface area (Å²) >= 11 is 11.4. The average Bonchev–Trinajstić information content (AvgIpc) is 2.45. The third kappa shape index (κ3) is 15.8. The van der Waals surface area contributed by atoms with Crippen molar-refractivity contribution in [3.8, 4) is 0 Å². The molecule has 0 spiro atoms. The van der Waals surface area contributed by atoms with Gasteiger partial charge in [-0.15, -0.1) is 23.2 Å². The molecule has 0 aromatic carbocycles. The van der Waals surface area contributed by atoms with Gasteiger partial charge >= 0.3 is 0 Å². The minimum Gasteiger partial charge on any atom is -0.370 e. The first-order valence-electron chi connectivity index (χ1n) is 9.65. The fraction of sp³-hybridized carbons (Fsp3) is 1.00. The Kier molecular flexibility index (Phi) is 14.1. The largest absolute Gasteiger partial charge is 0.370 e. The monoisotopic (exact) mass is 366 g/mol. The zero-order chi connectivity index (χ0) is 17.6. The molecule has 0 radical (unpaired) electrons. The van der Waals surface area contributed by atoms with Crippen molar-refractivity contribution in [2.24, 2.45) is 0 Å². The Morgan fingerprint density at radius 2 is 0.826 bits per heavy atom. The lowest BCUT2D eigenvalue weighted by atomic mass is 9.95. The van der Waals surface area contributed by atoms with Crippen LogP contribution in [-0.2, 0) is 4.74 Å². The highest BCUT2D eigenvalue weighted by atomic mass is 35.5. The molecular weight excluding hydrogens is 327 g/mol. The van der Waals surface area contributed by atoms with E-state index in [0.717, 1.165) is 37.4 Å². The van der Waals surface area contributed by atoms with Crippen LogP contribution in [0.3, 0.4) is 0 Å². The number of hydrogen-bond donors (Lipinski definition) is 0. The molecule has 0 aromatic heterocycles. The van der Waals surface area contributed by atoms with Crippen LogP contribution in [0.1, 0.15) is 105 Å². The number of unbranched alkanes of at least 4 members (excludes halogenated alkanes) is 8. The second-order valence-corrected chi connectivity index (χ2v) is 8.79. The molecule has 0 amide bonds. The van der Waals surface area contributed by atoms with Gasteiger partial charge in [-0.25, -0.2) is 0 Å². The fourth-order valence-corrected chi connectivity index (χ4v) is 3.58. The van der Waals surface area contributed by atoms with Crippen molar-refractivity contribution in [2.75, 3.05) is 11.8 Å². The molecule has 140 valence electrons. The van der Waals surface area contributed by atoms with Gasteiger partial charge in [0.2, 0.25) is 0 Å². The van der Waals surface area contributed by atoms with E-state index in [2.05, 4.69) is 27.7 Å². The van der Waals surface area contributed by atoms with Gasteiger partial charge in [0.25, 0.3) is 0 Å². The van der Waals surface area contributed by atoms with Crippen molar-refractivity contribution in [2.45, 2.75) is 116 Å². The molecule has 0 aliphatic rings. The van der Waals surface area contributed by atoms with Crippen molar-refractivity contribution in [1.82, 2.24) is 0 Å². The summed E-state index contributed by atoms with van der Waals surface area (Å²) in [6.45, 7) is 8.98. The molecule has 0 rings (SSSR count). The molecule has 0 heterocycles. The molecule has 0 aliphatic heterocycles. The summed E-state index contributed by atoms with van der Waals surface area (Å²) in [5, 5.41) is 0. The summed E-state index contributed by atoms with van der Waals surface area (Å²) in [4.78, 5) is 0. The lowest BCUT2D eigenvalue weighted by Gasteiger charge is -2.36. The Morgan fingerprint density at radius 1 is 0.522 bits per heavy atom. The number of halogens is 2. The topological polar surface area (TPSA) is 9.23 Å². The first-order chi connectivity index (χ1) is 10.8. The summed E-state index contributed by atoms with van der Waals surface area (Å²) in [6.07, 6.45) is 14.8. The molecule has 0 saturated carbocycles. The van der Waals surface area contributed by atoms with Crippen LogP contribution in [0.2, 0.25) is 0 Å². The van der Waals surface area contributed by atoms with Crippen LogP contribution in [0, 0.1) is 0 Å². The average molecular weight is 367 g/mol. The Hall–Kier alpha value is 0.540. The maximum absolute atomic E-state index is 6.44. The van der Waals surface area contributed by atoms with E-state index in [9.17, 15) is 0 Å². The Labute approximate surface area is 155 Å². The zero-order valence-electron chi connectivity index (χ0n) is 16.1. The molecule has 0 aliphatic carbocycles. The molecule has 0 saturated heterocycles. The van der Waals surface area contributed by atoms with Crippen LogP contribution < -0.4 is 0 Å². The van der Waals surface area contributed by atoms with Gasteiger partial charge in [0.1, 0.15) is 0 Å². The Balaban J connectivity index is 3.82. The molecule has 1 nitrogen and oxygen atoms in total. The van der Waals surface area contributed by atoms with Crippen LogP contribution in [0.15, 0.2) is 0 Å². The van der Waals surface area contributed by atoms with Gasteiger partial charge in [-0.1, -0.05) is 51.4 Å². The standard InChI is InChI=1S/C20H40Cl2O/c1-19(2,15-11-7-5-9-13-17-21)23-20(3,4)16-12-8-6-10-14-18-22/h5-18H2,1-4H3. The molecule has 0 atom stereocenters. The molecule has 23 heavy (non-hydrogen) atoms. The maximum Gasteiger partial charge on any atom is 0.0633 e. The lowest BCUT2D eigenvalue weighted by molar-refractivity contribution is -0.130. The van der Waals surface area contributed by atoms with Crippen LogP contribution in [0.4, 0.5) is 0 Å². The van der Waals surface area contributed by atoms with Crippen molar-refractivity contribution in [3.05, 3.63) is 0 Å². The smallest absolute Gasteiger partial charge is 0.0633 e. The number of alkyl halides is 2. The minimum atomic E-state index is -0.0192. The maximum atomic E-state index is 6.44. The first kappa shape index (κ1) is 23.5. The zero-order valence-corrected chi connectivity index (χ0v) is 17.6. The van der Waals surface area contributed by atoms with E-state index in [1.54, 1.807) is 0 Å². The van der Waals surface area contributed by atoms with E-state index in [-0.39, 0.29) is 11.2 Å². The second kappa shape index (κ2) is 13.8. The summed E-state index contributed by atoms with van der Waals surface area (Å²) in [5.41, 5.74) is -0.0385. The highest BCUT2D eigenvalue weighted by Gasteiger charge is 2.28. The van der Waals surface area contributed by atoms with Gasteiger partial charge in [-0.3, -0.25) is 0 Å². The molecular formula is C20H40Cl2O. The van der Waals surface area contributed by atoms with Gasteiger partial charge in [0.15, 0.2) is 0 Å². The fourth-order valence-electron chi connectivity index (χ4n) is 3.20. The summed E-state index contributed by atoms with van der Waals surface area (Å²) in [6, 6.07) is 0. The van der Waals surface area contributed by atoms with Crippen molar-refractivity contribution in [1.29, 1.82) is 0 Å². The highest BCUT2D eigenvalue weighted by molar-refractivity contribution is 6.18. The van der Waals surface area contributed by atoms with E-state index < -0.39 is 0 Å². The van der Waals surface area contributed by atoms with Crippen LogP contribution in [0.5, 0.6) is 0 Å². The van der Waals surface area contributed by atoms with Crippen molar-refractivity contribution >= 4 is 23.2 Å². The van der Waals surface area contributed by atoms with Gasteiger partial charge in [0, 0.05) is 11.8 Å². The van der Waals surface area contributed by atoms with Gasteiger partial charge in [-0.2, -0.15) is 0 Å². The third-order valence-electron chi connectivity index (χ3n) is 4.38. The molecule has 0 aromatic rings. The van der Waals surface area contributed by atoms with E-state index in [0.29, 0.717) is 0 Å². The van der Waals surface area contributed by atoms with Crippen molar-refractivity contribution in [3.63, 3.8) is 0 Å². The van der Waals surface area contributed by atoms with E-state index in [1.165, 1.54) is 51.4 Å². The normalized spacial score (nSPS) is 12.8. The van der Waals surface area contributed by atoms with Crippen LogP contribution in [0.25, 0.3) is 0 Å². The number of hydrogen-bond acceptors (Lipinski definition) is 1. The number of rotatable bonds is 16. The summed E-state index contributed by atoms with van der Waals surface area (Å²) < 4.78 is 6.44. The molecule has 0 unspecified atom stereocenters. The quantitative estimate of drug-likeness (QED) is 0.200. The van der Waals surface area contributed by atoms with E-state index in [4.69, 9.17) is 27.9 Å².